The van der Waals surface area contributed by atoms with Crippen LogP contribution in [0.4, 0.5) is 4.39 Å². The molecule has 2 unspecified atom stereocenters. The zero-order valence-electron chi connectivity index (χ0n) is 18.4. The van der Waals surface area contributed by atoms with E-state index in [9.17, 15) is 9.50 Å². The van der Waals surface area contributed by atoms with Crippen LogP contribution < -0.4 is 10.6 Å². The Bertz CT molecular complexity index is 820. The largest absolute Gasteiger partial charge is 0.387 e. The lowest BCUT2D eigenvalue weighted by Gasteiger charge is -2.34. The number of aliphatic hydroxyl groups excluding tert-OH is 1. The summed E-state index contributed by atoms with van der Waals surface area (Å²) in [5.41, 5.74) is 3.06. The highest BCUT2D eigenvalue weighted by Crippen LogP contribution is 2.23. The molecular formula is C24H33FN4O2. The summed E-state index contributed by atoms with van der Waals surface area (Å²) in [7, 11) is 0. The van der Waals surface area contributed by atoms with E-state index < -0.39 is 6.10 Å². The Morgan fingerprint density at radius 2 is 1.71 bits per heavy atom. The number of halogens is 1. The highest BCUT2D eigenvalue weighted by Gasteiger charge is 2.22. The number of nitrogens with one attached hydrogen (secondary N) is 2. The van der Waals surface area contributed by atoms with Gasteiger partial charge in [-0.05, 0) is 37.1 Å². The molecule has 0 amide bonds. The lowest BCUT2D eigenvalue weighted by atomic mass is 10.0. The second-order valence-electron chi connectivity index (χ2n) is 7.74. The van der Waals surface area contributed by atoms with Crippen molar-refractivity contribution < 1.29 is 14.2 Å². The van der Waals surface area contributed by atoms with Crippen molar-refractivity contribution in [1.82, 2.24) is 15.5 Å². The molecule has 2 atom stereocenters. The third kappa shape index (κ3) is 7.02. The zero-order valence-corrected chi connectivity index (χ0v) is 18.4. The van der Waals surface area contributed by atoms with Gasteiger partial charge in [0.25, 0.3) is 0 Å². The molecule has 0 radical (unpaired) electrons. The van der Waals surface area contributed by atoms with E-state index in [4.69, 9.17) is 9.73 Å². The molecule has 0 spiro atoms. The van der Waals surface area contributed by atoms with E-state index in [0.717, 1.165) is 29.8 Å². The highest BCUT2D eigenvalue weighted by atomic mass is 19.1. The zero-order chi connectivity index (χ0) is 22.1. The maximum absolute atomic E-state index is 13.4. The molecule has 1 fully saturated rings. The average Bonchev–Trinajstić information content (AvgIpc) is 2.79. The molecule has 0 saturated carbocycles. The number of hydrogen-bond donors (Lipinski definition) is 3. The van der Waals surface area contributed by atoms with Crippen molar-refractivity contribution in [2.24, 2.45) is 4.99 Å². The van der Waals surface area contributed by atoms with Gasteiger partial charge in [0, 0.05) is 26.2 Å². The van der Waals surface area contributed by atoms with Gasteiger partial charge in [0.15, 0.2) is 5.96 Å². The fourth-order valence-electron chi connectivity index (χ4n) is 3.63. The molecule has 2 aromatic rings. The van der Waals surface area contributed by atoms with E-state index in [0.29, 0.717) is 38.8 Å². The molecule has 1 aliphatic rings. The van der Waals surface area contributed by atoms with E-state index >= 15 is 0 Å². The molecule has 1 saturated heterocycles. The second-order valence-corrected chi connectivity index (χ2v) is 7.74. The summed E-state index contributed by atoms with van der Waals surface area (Å²) in [5.74, 6) is 0.405. The summed E-state index contributed by atoms with van der Waals surface area (Å²) < 4.78 is 18.9. The number of hydrogen-bond acceptors (Lipinski definition) is 4. The predicted octanol–water partition coefficient (Wildman–Crippen LogP) is 2.80. The number of ether oxygens (including phenoxy) is 1. The molecule has 3 rings (SSSR count). The summed E-state index contributed by atoms with van der Waals surface area (Å²) in [6.45, 7) is 8.61. The van der Waals surface area contributed by atoms with Gasteiger partial charge in [0.1, 0.15) is 5.82 Å². The average molecular weight is 429 g/mol. The molecule has 6 nitrogen and oxygen atoms in total. The quantitative estimate of drug-likeness (QED) is 0.446. The number of benzene rings is 2. The van der Waals surface area contributed by atoms with Gasteiger partial charge >= 0.3 is 0 Å². The Hall–Kier alpha value is -2.48. The van der Waals surface area contributed by atoms with Crippen LogP contribution in [0.3, 0.4) is 0 Å². The third-order valence-corrected chi connectivity index (χ3v) is 5.43. The minimum absolute atomic E-state index is 0.0296. The molecule has 0 aromatic heterocycles. The summed E-state index contributed by atoms with van der Waals surface area (Å²) in [6, 6.07) is 14.5. The van der Waals surface area contributed by atoms with E-state index in [1.54, 1.807) is 0 Å². The van der Waals surface area contributed by atoms with Crippen molar-refractivity contribution in [1.29, 1.82) is 0 Å². The van der Waals surface area contributed by atoms with Crippen molar-refractivity contribution >= 4 is 5.96 Å². The topological polar surface area (TPSA) is 69.1 Å². The van der Waals surface area contributed by atoms with E-state index in [1.807, 2.05) is 50.2 Å². The Labute approximate surface area is 184 Å². The van der Waals surface area contributed by atoms with Crippen LogP contribution in [0.25, 0.3) is 0 Å². The van der Waals surface area contributed by atoms with Gasteiger partial charge in [-0.2, -0.15) is 0 Å². The normalized spacial score (nSPS) is 17.2. The van der Waals surface area contributed by atoms with Crippen LogP contribution in [-0.2, 0) is 4.74 Å². The fourth-order valence-corrected chi connectivity index (χ4v) is 3.63. The van der Waals surface area contributed by atoms with Crippen LogP contribution in [-0.4, -0.2) is 61.9 Å². The van der Waals surface area contributed by atoms with Crippen LogP contribution in [0, 0.1) is 12.7 Å². The van der Waals surface area contributed by atoms with Crippen LogP contribution in [0.5, 0.6) is 0 Å². The summed E-state index contributed by atoms with van der Waals surface area (Å²) in [4.78, 5) is 7.10. The van der Waals surface area contributed by atoms with Gasteiger partial charge in [-0.15, -0.1) is 0 Å². The van der Waals surface area contributed by atoms with Crippen LogP contribution in [0.2, 0.25) is 0 Å². The lowest BCUT2D eigenvalue weighted by Crippen LogP contribution is -2.42. The van der Waals surface area contributed by atoms with E-state index in [1.165, 1.54) is 12.1 Å². The third-order valence-electron chi connectivity index (χ3n) is 5.43. The Morgan fingerprint density at radius 3 is 2.35 bits per heavy atom. The number of aliphatic hydroxyl groups is 1. The molecular weight excluding hydrogens is 395 g/mol. The number of rotatable bonds is 8. The van der Waals surface area contributed by atoms with Crippen LogP contribution in [0.15, 0.2) is 53.5 Å². The molecule has 31 heavy (non-hydrogen) atoms. The molecule has 2 aromatic carbocycles. The lowest BCUT2D eigenvalue weighted by molar-refractivity contribution is 0.0179. The van der Waals surface area contributed by atoms with Crippen molar-refractivity contribution in [2.45, 2.75) is 26.0 Å². The number of nitrogens with zero attached hydrogens (tertiary/aromatic N) is 2. The van der Waals surface area contributed by atoms with Gasteiger partial charge in [-0.1, -0.05) is 42.0 Å². The van der Waals surface area contributed by atoms with Gasteiger partial charge < -0.3 is 20.5 Å². The van der Waals surface area contributed by atoms with Crippen LogP contribution >= 0.6 is 0 Å². The second kappa shape index (κ2) is 11.8. The van der Waals surface area contributed by atoms with Crippen molar-refractivity contribution in [3.63, 3.8) is 0 Å². The molecule has 7 heteroatoms. The summed E-state index contributed by atoms with van der Waals surface area (Å²) in [5, 5.41) is 17.0. The minimum Gasteiger partial charge on any atom is -0.387 e. The first-order chi connectivity index (χ1) is 15.1. The highest BCUT2D eigenvalue weighted by molar-refractivity contribution is 5.79. The maximum atomic E-state index is 13.4. The van der Waals surface area contributed by atoms with Crippen LogP contribution in [0.1, 0.15) is 35.8 Å². The number of aliphatic imine (C=N–C) groups is 1. The van der Waals surface area contributed by atoms with Gasteiger partial charge in [0.2, 0.25) is 0 Å². The first kappa shape index (κ1) is 23.2. The van der Waals surface area contributed by atoms with Crippen molar-refractivity contribution in [3.8, 4) is 0 Å². The monoisotopic (exact) mass is 428 g/mol. The first-order valence-electron chi connectivity index (χ1n) is 10.9. The predicted molar refractivity (Wildman–Crippen MR) is 122 cm³/mol. The van der Waals surface area contributed by atoms with E-state index in [2.05, 4.69) is 15.5 Å². The summed E-state index contributed by atoms with van der Waals surface area (Å²) in [6.07, 6.45) is -0.628. The number of morpholine rings is 1. The molecule has 1 aliphatic heterocycles. The SMILES string of the molecule is CCNC(=NCC(c1ccc(F)cc1)N1CCOCC1)NCC(O)c1ccc(C)cc1. The van der Waals surface area contributed by atoms with Gasteiger partial charge in [-0.25, -0.2) is 4.39 Å². The van der Waals surface area contributed by atoms with Crippen molar-refractivity contribution in [3.05, 3.63) is 71.0 Å². The smallest absolute Gasteiger partial charge is 0.191 e. The van der Waals surface area contributed by atoms with Gasteiger partial charge in [0.05, 0.1) is 31.9 Å². The maximum Gasteiger partial charge on any atom is 0.191 e. The molecule has 0 aliphatic carbocycles. The number of aryl methyl sites for hydroxylation is 1. The Morgan fingerprint density at radius 1 is 1.06 bits per heavy atom. The molecule has 3 N–H and O–H groups in total. The summed E-state index contributed by atoms with van der Waals surface area (Å²) >= 11 is 0. The Kier molecular flexibility index (Phi) is 8.82. The molecule has 0 bridgehead atoms. The van der Waals surface area contributed by atoms with Gasteiger partial charge in [-0.3, -0.25) is 9.89 Å². The van der Waals surface area contributed by atoms with Crippen molar-refractivity contribution in [2.75, 3.05) is 45.9 Å². The molecule has 1 heterocycles. The first-order valence-corrected chi connectivity index (χ1v) is 10.9. The fraction of sp³-hybridized carbons (Fsp3) is 0.458. The number of guanidine groups is 1. The Balaban J connectivity index is 1.68. The minimum atomic E-state index is -0.628. The standard InChI is InChI=1S/C24H33FN4O2/c1-3-26-24(28-17-23(30)20-6-4-18(2)5-7-20)27-16-22(29-12-14-31-15-13-29)19-8-10-21(25)11-9-19/h4-11,22-23,30H,3,12-17H2,1-2H3,(H2,26,27,28). The molecule has 168 valence electrons. The van der Waals surface area contributed by atoms with E-state index in [-0.39, 0.29) is 11.9 Å².